The number of rotatable bonds is 6. The number of hydrogen-bond donors (Lipinski definition) is 1. The summed E-state index contributed by atoms with van der Waals surface area (Å²) in [5.74, 6) is -3.84. The largest absolute Gasteiger partial charge is 0.463 e. The molecule has 1 heterocycles. The molecule has 0 saturated carbocycles. The highest BCUT2D eigenvalue weighted by Crippen LogP contribution is 2.43. The molecule has 1 unspecified atom stereocenters. The summed E-state index contributed by atoms with van der Waals surface area (Å²) >= 11 is 0. The molecule has 162 valence electrons. The molecule has 0 radical (unpaired) electrons. The molecular formula is C19H19F3N2O6. The zero-order valence-electron chi connectivity index (χ0n) is 16.3. The predicted molar refractivity (Wildman–Crippen MR) is 98.0 cm³/mol. The molecule has 1 atom stereocenters. The van der Waals surface area contributed by atoms with Crippen LogP contribution in [-0.4, -0.2) is 36.3 Å². The van der Waals surface area contributed by atoms with E-state index in [-0.39, 0.29) is 30.0 Å². The van der Waals surface area contributed by atoms with Crippen LogP contribution in [0.15, 0.2) is 46.8 Å². The molecule has 11 heteroatoms. The van der Waals surface area contributed by atoms with Crippen molar-refractivity contribution in [1.82, 2.24) is 5.32 Å². The van der Waals surface area contributed by atoms with Crippen molar-refractivity contribution in [1.29, 1.82) is 0 Å². The van der Waals surface area contributed by atoms with Crippen molar-refractivity contribution in [3.63, 3.8) is 0 Å². The second-order valence-corrected chi connectivity index (χ2v) is 6.18. The topological polar surface area (TPSA) is 108 Å². The van der Waals surface area contributed by atoms with Crippen LogP contribution in [0.1, 0.15) is 32.3 Å². The molecule has 1 aliphatic rings. The number of esters is 2. The van der Waals surface area contributed by atoms with Gasteiger partial charge in [0.2, 0.25) is 0 Å². The van der Waals surface area contributed by atoms with Crippen LogP contribution >= 0.6 is 0 Å². The molecule has 0 amide bonds. The van der Waals surface area contributed by atoms with Gasteiger partial charge >= 0.3 is 18.1 Å². The van der Waals surface area contributed by atoms with Gasteiger partial charge in [-0.05, 0) is 26.3 Å². The molecular weight excluding hydrogens is 409 g/mol. The van der Waals surface area contributed by atoms with Crippen LogP contribution < -0.4 is 5.32 Å². The van der Waals surface area contributed by atoms with Gasteiger partial charge in [0.05, 0.1) is 35.2 Å². The van der Waals surface area contributed by atoms with Crippen LogP contribution in [0.4, 0.5) is 18.9 Å². The maximum Gasteiger partial charge on any atom is 0.431 e. The Morgan fingerprint density at radius 1 is 1.13 bits per heavy atom. The van der Waals surface area contributed by atoms with Crippen LogP contribution in [-0.2, 0) is 19.1 Å². The highest BCUT2D eigenvalue weighted by Gasteiger charge is 2.47. The second kappa shape index (κ2) is 8.97. The van der Waals surface area contributed by atoms with Crippen molar-refractivity contribution in [3.05, 3.63) is 62.5 Å². The molecule has 30 heavy (non-hydrogen) atoms. The zero-order chi connectivity index (χ0) is 22.6. The average molecular weight is 428 g/mol. The number of alkyl halides is 3. The first kappa shape index (κ1) is 22.9. The minimum atomic E-state index is -4.98. The quantitative estimate of drug-likeness (QED) is 0.420. The molecule has 0 spiro atoms. The van der Waals surface area contributed by atoms with E-state index in [9.17, 15) is 32.9 Å². The van der Waals surface area contributed by atoms with Gasteiger partial charge in [0, 0.05) is 17.8 Å². The Bertz CT molecular complexity index is 936. The van der Waals surface area contributed by atoms with Gasteiger partial charge in [0.25, 0.3) is 5.69 Å². The zero-order valence-corrected chi connectivity index (χ0v) is 16.3. The lowest BCUT2D eigenvalue weighted by atomic mass is 9.80. The van der Waals surface area contributed by atoms with Crippen molar-refractivity contribution in [2.75, 3.05) is 13.2 Å². The smallest absolute Gasteiger partial charge is 0.431 e. The van der Waals surface area contributed by atoms with Gasteiger partial charge in [-0.15, -0.1) is 0 Å². The van der Waals surface area contributed by atoms with Crippen LogP contribution in [0.2, 0.25) is 0 Å². The molecule has 1 aromatic carbocycles. The van der Waals surface area contributed by atoms with E-state index in [0.717, 1.165) is 12.1 Å². The Morgan fingerprint density at radius 3 is 2.20 bits per heavy atom. The number of nitro groups is 1. The van der Waals surface area contributed by atoms with Gasteiger partial charge < -0.3 is 14.8 Å². The van der Waals surface area contributed by atoms with E-state index < -0.39 is 45.9 Å². The lowest BCUT2D eigenvalue weighted by molar-refractivity contribution is -0.384. The number of benzene rings is 1. The fourth-order valence-corrected chi connectivity index (χ4v) is 3.11. The number of halogens is 3. The first-order chi connectivity index (χ1) is 14.0. The number of non-ortho nitro benzene ring substituents is 1. The normalized spacial score (nSPS) is 16.8. The minimum absolute atomic E-state index is 0.0575. The molecule has 8 nitrogen and oxygen atoms in total. The van der Waals surface area contributed by atoms with Gasteiger partial charge in [-0.1, -0.05) is 12.1 Å². The Hall–Kier alpha value is -3.37. The van der Waals surface area contributed by atoms with Gasteiger partial charge in [-0.25, -0.2) is 9.59 Å². The number of hydrogen-bond acceptors (Lipinski definition) is 7. The first-order valence-corrected chi connectivity index (χ1v) is 8.90. The average Bonchev–Trinajstić information content (AvgIpc) is 2.66. The molecule has 1 aliphatic heterocycles. The summed E-state index contributed by atoms with van der Waals surface area (Å²) in [6, 6.07) is 4.70. The van der Waals surface area contributed by atoms with E-state index in [0.29, 0.717) is 0 Å². The maximum atomic E-state index is 13.8. The summed E-state index contributed by atoms with van der Waals surface area (Å²) in [6.45, 7) is 3.87. The van der Waals surface area contributed by atoms with Gasteiger partial charge in [-0.2, -0.15) is 13.2 Å². The van der Waals surface area contributed by atoms with Crippen molar-refractivity contribution in [3.8, 4) is 0 Å². The Balaban J connectivity index is 2.84. The first-order valence-electron chi connectivity index (χ1n) is 8.90. The summed E-state index contributed by atoms with van der Waals surface area (Å²) in [5, 5.41) is 13.2. The fraction of sp³-hybridized carbons (Fsp3) is 0.368. The third kappa shape index (κ3) is 4.61. The third-order valence-corrected chi connectivity index (χ3v) is 4.25. The van der Waals surface area contributed by atoms with E-state index in [4.69, 9.17) is 9.47 Å². The van der Waals surface area contributed by atoms with Crippen molar-refractivity contribution < 1.29 is 37.2 Å². The fourth-order valence-electron chi connectivity index (χ4n) is 3.11. The molecule has 0 bridgehead atoms. The lowest BCUT2D eigenvalue weighted by Crippen LogP contribution is -2.38. The minimum Gasteiger partial charge on any atom is -0.463 e. The summed E-state index contributed by atoms with van der Waals surface area (Å²) in [7, 11) is 0. The Morgan fingerprint density at radius 2 is 1.70 bits per heavy atom. The van der Waals surface area contributed by atoms with E-state index in [1.165, 1.54) is 32.9 Å². The summed E-state index contributed by atoms with van der Waals surface area (Å²) in [5.41, 5.74) is -3.21. The molecule has 1 N–H and O–H groups in total. The standard InChI is InChI=1S/C19H19F3N2O6/c1-4-29-17(25)13-10(3)23-16(19(20,21)22)15(18(26)30-5-2)14(13)11-7-6-8-12(9-11)24(27)28/h6-9,14,23H,4-5H2,1-3H3. The number of carbonyl (C=O) groups is 2. The highest BCUT2D eigenvalue weighted by molar-refractivity contribution is 6.00. The molecule has 0 aromatic heterocycles. The van der Waals surface area contributed by atoms with Crippen LogP contribution in [0, 0.1) is 10.1 Å². The monoisotopic (exact) mass is 428 g/mol. The van der Waals surface area contributed by atoms with Crippen molar-refractivity contribution >= 4 is 17.6 Å². The number of nitro benzene ring substituents is 1. The SMILES string of the molecule is CCOC(=O)C1=C(C)NC(C(F)(F)F)=C(C(=O)OCC)C1c1cccc([N+](=O)[O-])c1. The lowest BCUT2D eigenvalue weighted by Gasteiger charge is -2.32. The van der Waals surface area contributed by atoms with E-state index in [2.05, 4.69) is 5.32 Å². The number of carbonyl (C=O) groups excluding carboxylic acids is 2. The third-order valence-electron chi connectivity index (χ3n) is 4.25. The van der Waals surface area contributed by atoms with E-state index in [1.54, 1.807) is 0 Å². The molecule has 2 rings (SSSR count). The van der Waals surface area contributed by atoms with E-state index >= 15 is 0 Å². The molecule has 0 aliphatic carbocycles. The number of ether oxygens (including phenoxy) is 2. The predicted octanol–water partition coefficient (Wildman–Crippen LogP) is 3.50. The summed E-state index contributed by atoms with van der Waals surface area (Å²) in [4.78, 5) is 35.6. The number of allylic oxidation sites excluding steroid dienone is 2. The second-order valence-electron chi connectivity index (χ2n) is 6.18. The van der Waals surface area contributed by atoms with Crippen LogP contribution in [0.25, 0.3) is 0 Å². The molecule has 1 aromatic rings. The number of nitrogens with one attached hydrogen (secondary N) is 1. The van der Waals surface area contributed by atoms with Gasteiger partial charge in [0.15, 0.2) is 0 Å². The van der Waals surface area contributed by atoms with Gasteiger partial charge in [-0.3, -0.25) is 10.1 Å². The maximum absolute atomic E-state index is 13.8. The summed E-state index contributed by atoms with van der Waals surface area (Å²) < 4.78 is 51.1. The molecule has 0 saturated heterocycles. The number of nitrogens with zero attached hydrogens (tertiary/aromatic N) is 1. The van der Waals surface area contributed by atoms with Gasteiger partial charge in [0.1, 0.15) is 5.70 Å². The Kier molecular flexibility index (Phi) is 6.85. The highest BCUT2D eigenvalue weighted by atomic mass is 19.4. The summed E-state index contributed by atoms with van der Waals surface area (Å²) in [6.07, 6.45) is -4.98. The van der Waals surface area contributed by atoms with Crippen molar-refractivity contribution in [2.24, 2.45) is 0 Å². The molecule has 0 fully saturated rings. The van der Waals surface area contributed by atoms with Crippen molar-refractivity contribution in [2.45, 2.75) is 32.9 Å². The number of dihydropyridines is 1. The Labute approximate surface area is 169 Å². The van der Waals surface area contributed by atoms with E-state index in [1.807, 2.05) is 0 Å². The van der Waals surface area contributed by atoms with Crippen LogP contribution in [0.5, 0.6) is 0 Å². The van der Waals surface area contributed by atoms with Crippen LogP contribution in [0.3, 0.4) is 0 Å².